The fourth-order valence-corrected chi connectivity index (χ4v) is 5.20. The minimum Gasteiger partial charge on any atom is -0.294 e. The molecule has 0 aromatic heterocycles. The second-order valence-corrected chi connectivity index (χ2v) is 7.18. The molecule has 3 atom stereocenters. The number of rotatable bonds is 2. The Morgan fingerprint density at radius 3 is 2.08 bits per heavy atom. The summed E-state index contributed by atoms with van der Waals surface area (Å²) >= 11 is 4.14. The minimum absolute atomic E-state index is 0.630. The lowest BCUT2D eigenvalue weighted by Gasteiger charge is -2.32. The molecule has 1 fully saturated rings. The van der Waals surface area contributed by atoms with Crippen molar-refractivity contribution in [2.75, 3.05) is 0 Å². The molecule has 0 aliphatic carbocycles. The van der Waals surface area contributed by atoms with E-state index in [1.54, 1.807) is 0 Å². The summed E-state index contributed by atoms with van der Waals surface area (Å²) in [4.78, 5) is 0. The van der Waals surface area contributed by atoms with E-state index in [2.05, 4.69) is 56.5 Å². The van der Waals surface area contributed by atoms with Crippen LogP contribution in [-0.4, -0.2) is 15.3 Å². The highest BCUT2D eigenvalue weighted by atomic mass is 32.2. The molecule has 1 saturated heterocycles. The van der Waals surface area contributed by atoms with E-state index in [9.17, 15) is 0 Å². The van der Waals surface area contributed by atoms with Crippen LogP contribution in [0.4, 0.5) is 0 Å². The van der Waals surface area contributed by atoms with Gasteiger partial charge in [0.2, 0.25) is 0 Å². The summed E-state index contributed by atoms with van der Waals surface area (Å²) in [6.07, 6.45) is 1.34. The van der Waals surface area contributed by atoms with Crippen LogP contribution in [0.3, 0.4) is 0 Å². The summed E-state index contributed by atoms with van der Waals surface area (Å²) in [6.45, 7) is 9.12. The molecule has 0 aromatic rings. The maximum atomic E-state index is 3.51. The zero-order chi connectivity index (χ0) is 9.14. The first kappa shape index (κ1) is 10.7. The zero-order valence-electron chi connectivity index (χ0n) is 8.33. The van der Waals surface area contributed by atoms with Gasteiger partial charge in [-0.2, -0.15) is 0 Å². The molecule has 0 radical (unpaired) electrons. The Kier molecular flexibility index (Phi) is 4.27. The lowest BCUT2D eigenvalue weighted by Crippen LogP contribution is -2.37. The lowest BCUT2D eigenvalue weighted by molar-refractivity contribution is 0.603. The van der Waals surface area contributed by atoms with Gasteiger partial charge in [-0.05, 0) is 26.2 Å². The van der Waals surface area contributed by atoms with Crippen molar-refractivity contribution in [1.29, 1.82) is 0 Å². The molecule has 72 valence electrons. The van der Waals surface area contributed by atoms with Gasteiger partial charge in [-0.3, -0.25) is 5.32 Å². The zero-order valence-corrected chi connectivity index (χ0v) is 9.97. The predicted octanol–water partition coefficient (Wildman–Crippen LogP) is 3.12. The van der Waals surface area contributed by atoms with Gasteiger partial charge in [-0.1, -0.05) is 13.8 Å². The van der Waals surface area contributed by atoms with Gasteiger partial charge < -0.3 is 0 Å². The Morgan fingerprint density at radius 2 is 1.67 bits per heavy atom. The summed E-state index contributed by atoms with van der Waals surface area (Å²) in [5.41, 5.74) is 0. The van der Waals surface area contributed by atoms with Crippen molar-refractivity contribution in [3.8, 4) is 0 Å². The van der Waals surface area contributed by atoms with E-state index < -0.39 is 0 Å². The molecule has 1 N–H and O–H groups in total. The van der Waals surface area contributed by atoms with Crippen molar-refractivity contribution < 1.29 is 0 Å². The molecular weight excluding hydrogens is 186 g/mol. The molecular formula is C9H19NS2. The first-order valence-corrected chi connectivity index (χ1v) is 6.53. The van der Waals surface area contributed by atoms with Crippen LogP contribution in [0.15, 0.2) is 0 Å². The Labute approximate surface area is 84.4 Å². The third-order valence-electron chi connectivity index (χ3n) is 1.85. The number of nitrogens with one attached hydrogen (secondary N) is 1. The van der Waals surface area contributed by atoms with Crippen LogP contribution in [0.25, 0.3) is 0 Å². The van der Waals surface area contributed by atoms with Crippen LogP contribution in [0.2, 0.25) is 0 Å². The van der Waals surface area contributed by atoms with Crippen LogP contribution in [0.1, 0.15) is 34.1 Å². The Hall–Kier alpha value is 0.660. The monoisotopic (exact) mass is 205 g/mol. The number of hydrogen-bond acceptors (Lipinski definition) is 3. The van der Waals surface area contributed by atoms with E-state index >= 15 is 0 Å². The molecule has 1 unspecified atom stereocenters. The van der Waals surface area contributed by atoms with Crippen molar-refractivity contribution in [3.63, 3.8) is 0 Å². The molecule has 12 heavy (non-hydrogen) atoms. The van der Waals surface area contributed by atoms with Crippen LogP contribution in [0, 0.1) is 5.92 Å². The van der Waals surface area contributed by atoms with Gasteiger partial charge in [0.25, 0.3) is 0 Å². The number of thioether (sulfide) groups is 2. The van der Waals surface area contributed by atoms with Crippen LogP contribution >= 0.6 is 23.5 Å². The average molecular weight is 205 g/mol. The van der Waals surface area contributed by atoms with Crippen molar-refractivity contribution in [1.82, 2.24) is 5.32 Å². The van der Waals surface area contributed by atoms with Crippen LogP contribution in [0.5, 0.6) is 0 Å². The predicted molar refractivity (Wildman–Crippen MR) is 60.5 cm³/mol. The van der Waals surface area contributed by atoms with Gasteiger partial charge >= 0.3 is 0 Å². The first-order valence-electron chi connectivity index (χ1n) is 4.65. The van der Waals surface area contributed by atoms with Gasteiger partial charge in [0.15, 0.2) is 0 Å². The summed E-state index contributed by atoms with van der Waals surface area (Å²) in [5.74, 6) is 0.826. The lowest BCUT2D eigenvalue weighted by atomic mass is 10.2. The highest BCUT2D eigenvalue weighted by molar-refractivity contribution is 8.18. The molecule has 1 aliphatic heterocycles. The van der Waals surface area contributed by atoms with E-state index in [4.69, 9.17) is 0 Å². The molecule has 0 amide bonds. The summed E-state index contributed by atoms with van der Waals surface area (Å²) < 4.78 is 0.802. The third kappa shape index (κ3) is 3.58. The summed E-state index contributed by atoms with van der Waals surface area (Å²) in [5, 5.41) is 4.77. The largest absolute Gasteiger partial charge is 0.294 e. The standard InChI is InChI=1S/C9H19NS2/c1-6(2)5-9-11-7(3)10-8(4)12-9/h6-10H,5H2,1-4H3/t7-,8+,9?. The molecule has 1 heterocycles. The fraction of sp³-hybridized carbons (Fsp3) is 1.00. The smallest absolute Gasteiger partial charge is 0.0536 e. The molecule has 0 aromatic carbocycles. The normalized spacial score (nSPS) is 37.2. The van der Waals surface area contributed by atoms with E-state index in [0.717, 1.165) is 10.5 Å². The third-order valence-corrected chi connectivity index (χ3v) is 4.59. The maximum Gasteiger partial charge on any atom is 0.0536 e. The van der Waals surface area contributed by atoms with Crippen LogP contribution in [-0.2, 0) is 0 Å². The SMILES string of the molecule is CC(C)CC1S[C@H](C)N[C@H](C)S1. The number of hydrogen-bond donors (Lipinski definition) is 1. The Morgan fingerprint density at radius 1 is 1.17 bits per heavy atom. The average Bonchev–Trinajstić information content (AvgIpc) is 1.81. The van der Waals surface area contributed by atoms with E-state index in [1.807, 2.05) is 0 Å². The molecule has 0 saturated carbocycles. The Balaban J connectivity index is 2.34. The maximum absolute atomic E-state index is 3.51. The van der Waals surface area contributed by atoms with Crippen molar-refractivity contribution in [2.45, 2.75) is 49.4 Å². The molecule has 0 bridgehead atoms. The van der Waals surface area contributed by atoms with Crippen molar-refractivity contribution in [2.24, 2.45) is 5.92 Å². The van der Waals surface area contributed by atoms with E-state index in [1.165, 1.54) is 6.42 Å². The van der Waals surface area contributed by atoms with E-state index in [-0.39, 0.29) is 0 Å². The van der Waals surface area contributed by atoms with Gasteiger partial charge in [-0.15, -0.1) is 23.5 Å². The highest BCUT2D eigenvalue weighted by Crippen LogP contribution is 2.37. The molecule has 1 nitrogen and oxygen atoms in total. The fourth-order valence-electron chi connectivity index (χ4n) is 1.39. The topological polar surface area (TPSA) is 12.0 Å². The molecule has 0 spiro atoms. The van der Waals surface area contributed by atoms with Gasteiger partial charge in [-0.25, -0.2) is 0 Å². The second-order valence-electron chi connectivity index (χ2n) is 3.78. The van der Waals surface area contributed by atoms with Crippen molar-refractivity contribution >= 4 is 23.5 Å². The van der Waals surface area contributed by atoms with Gasteiger partial charge in [0.05, 0.1) is 15.3 Å². The summed E-state index contributed by atoms with van der Waals surface area (Å²) in [6, 6.07) is 0. The van der Waals surface area contributed by atoms with Gasteiger partial charge in [0, 0.05) is 0 Å². The molecule has 1 rings (SSSR count). The second kappa shape index (κ2) is 4.77. The van der Waals surface area contributed by atoms with Gasteiger partial charge in [0.1, 0.15) is 0 Å². The first-order chi connectivity index (χ1) is 5.58. The van der Waals surface area contributed by atoms with Crippen molar-refractivity contribution in [3.05, 3.63) is 0 Å². The van der Waals surface area contributed by atoms with E-state index in [0.29, 0.717) is 10.7 Å². The minimum atomic E-state index is 0.630. The molecule has 3 heteroatoms. The highest BCUT2D eigenvalue weighted by Gasteiger charge is 2.24. The van der Waals surface area contributed by atoms with Crippen LogP contribution < -0.4 is 5.32 Å². The Bertz CT molecular complexity index is 126. The quantitative estimate of drug-likeness (QED) is 0.744. The molecule has 1 aliphatic rings. The summed E-state index contributed by atoms with van der Waals surface area (Å²) in [7, 11) is 0.